The maximum absolute atomic E-state index is 9.12. The minimum Gasteiger partial charge on any atom is -0.284 e. The molecule has 0 spiro atoms. The van der Waals surface area contributed by atoms with Gasteiger partial charge in [0, 0.05) is 18.0 Å². The van der Waals surface area contributed by atoms with Gasteiger partial charge in [0.1, 0.15) is 6.04 Å². The van der Waals surface area contributed by atoms with E-state index in [-0.39, 0.29) is 6.04 Å². The van der Waals surface area contributed by atoms with Gasteiger partial charge in [-0.25, -0.2) is 0 Å². The van der Waals surface area contributed by atoms with Gasteiger partial charge in [0.05, 0.1) is 6.07 Å². The molecule has 1 fully saturated rings. The van der Waals surface area contributed by atoms with Gasteiger partial charge in [0.15, 0.2) is 0 Å². The number of nitrogens with zero attached hydrogens (tertiary/aromatic N) is 3. The highest BCUT2D eigenvalue weighted by molar-refractivity contribution is 5.20. The minimum absolute atomic E-state index is 0.105. The van der Waals surface area contributed by atoms with E-state index in [1.165, 1.54) is 12.8 Å². The maximum Gasteiger partial charge on any atom is 0.125 e. The van der Waals surface area contributed by atoms with Gasteiger partial charge in [0.25, 0.3) is 0 Å². The van der Waals surface area contributed by atoms with E-state index in [2.05, 4.69) is 16.0 Å². The Morgan fingerprint density at radius 2 is 2.21 bits per heavy atom. The van der Waals surface area contributed by atoms with Crippen molar-refractivity contribution in [3.05, 3.63) is 30.1 Å². The summed E-state index contributed by atoms with van der Waals surface area (Å²) in [5, 5.41) is 9.12. The molecule has 14 heavy (non-hydrogen) atoms. The van der Waals surface area contributed by atoms with Crippen LogP contribution in [0.3, 0.4) is 0 Å². The topological polar surface area (TPSA) is 39.9 Å². The summed E-state index contributed by atoms with van der Waals surface area (Å²) in [7, 11) is 0. The number of rotatable bonds is 2. The van der Waals surface area contributed by atoms with Gasteiger partial charge < -0.3 is 0 Å². The summed E-state index contributed by atoms with van der Waals surface area (Å²) in [6, 6.07) is 6.10. The zero-order valence-corrected chi connectivity index (χ0v) is 8.06. The van der Waals surface area contributed by atoms with Crippen LogP contribution in [-0.4, -0.2) is 23.0 Å². The Morgan fingerprint density at radius 3 is 2.79 bits per heavy atom. The van der Waals surface area contributed by atoms with E-state index in [0.29, 0.717) is 0 Å². The number of hydrogen-bond donors (Lipinski definition) is 0. The fourth-order valence-electron chi connectivity index (χ4n) is 1.90. The molecule has 72 valence electrons. The van der Waals surface area contributed by atoms with Crippen LogP contribution in [0.4, 0.5) is 0 Å². The van der Waals surface area contributed by atoms with Crippen molar-refractivity contribution in [1.82, 2.24) is 9.88 Å². The largest absolute Gasteiger partial charge is 0.284 e. The molecule has 1 aromatic rings. The van der Waals surface area contributed by atoms with Crippen LogP contribution in [0.1, 0.15) is 24.4 Å². The maximum atomic E-state index is 9.12. The molecule has 2 heterocycles. The number of likely N-dealkylation sites (tertiary alicyclic amines) is 1. The van der Waals surface area contributed by atoms with Crippen molar-refractivity contribution < 1.29 is 0 Å². The van der Waals surface area contributed by atoms with Crippen molar-refractivity contribution in [3.8, 4) is 6.07 Å². The molecule has 0 amide bonds. The van der Waals surface area contributed by atoms with Gasteiger partial charge in [-0.1, -0.05) is 6.07 Å². The first-order valence-electron chi connectivity index (χ1n) is 4.95. The lowest BCUT2D eigenvalue weighted by Crippen LogP contribution is -2.24. The SMILES string of the molecule is N#C[C@H](c1cccnc1)N1CCCC1. The fourth-order valence-corrected chi connectivity index (χ4v) is 1.90. The first-order valence-corrected chi connectivity index (χ1v) is 4.95. The zero-order chi connectivity index (χ0) is 9.80. The Bertz CT molecular complexity index is 322. The van der Waals surface area contributed by atoms with E-state index in [9.17, 15) is 0 Å². The van der Waals surface area contributed by atoms with Gasteiger partial charge >= 0.3 is 0 Å². The summed E-state index contributed by atoms with van der Waals surface area (Å²) in [5.74, 6) is 0. The van der Waals surface area contributed by atoms with Crippen LogP contribution in [0.2, 0.25) is 0 Å². The lowest BCUT2D eigenvalue weighted by Gasteiger charge is -2.20. The molecular weight excluding hydrogens is 174 g/mol. The van der Waals surface area contributed by atoms with Crippen LogP contribution in [0.5, 0.6) is 0 Å². The number of aromatic nitrogens is 1. The molecule has 1 aromatic heterocycles. The minimum atomic E-state index is -0.105. The average Bonchev–Trinajstić information content (AvgIpc) is 2.74. The molecule has 2 rings (SSSR count). The number of nitriles is 1. The van der Waals surface area contributed by atoms with Gasteiger partial charge in [0.2, 0.25) is 0 Å². The third-order valence-electron chi connectivity index (χ3n) is 2.63. The van der Waals surface area contributed by atoms with Gasteiger partial charge in [-0.2, -0.15) is 5.26 Å². The van der Waals surface area contributed by atoms with Gasteiger partial charge in [-0.15, -0.1) is 0 Å². The molecule has 0 aliphatic carbocycles. The van der Waals surface area contributed by atoms with E-state index in [0.717, 1.165) is 18.7 Å². The number of pyridine rings is 1. The second kappa shape index (κ2) is 4.21. The Labute approximate surface area is 84.0 Å². The first kappa shape index (κ1) is 9.17. The zero-order valence-electron chi connectivity index (χ0n) is 8.06. The van der Waals surface area contributed by atoms with Gasteiger partial charge in [-0.05, 0) is 32.0 Å². The smallest absolute Gasteiger partial charge is 0.125 e. The first-order chi connectivity index (χ1) is 6.92. The predicted molar refractivity (Wildman–Crippen MR) is 53.4 cm³/mol. The molecule has 0 aromatic carbocycles. The van der Waals surface area contributed by atoms with Crippen molar-refractivity contribution in [2.75, 3.05) is 13.1 Å². The normalized spacial score (nSPS) is 19.1. The molecule has 3 nitrogen and oxygen atoms in total. The van der Waals surface area contributed by atoms with Crippen LogP contribution in [0, 0.1) is 11.3 Å². The molecule has 0 radical (unpaired) electrons. The molecule has 1 atom stereocenters. The van der Waals surface area contributed by atoms with Crippen molar-refractivity contribution in [2.24, 2.45) is 0 Å². The highest BCUT2D eigenvalue weighted by Crippen LogP contribution is 2.23. The van der Waals surface area contributed by atoms with Crippen molar-refractivity contribution in [3.63, 3.8) is 0 Å². The summed E-state index contributed by atoms with van der Waals surface area (Å²) >= 11 is 0. The molecule has 1 saturated heterocycles. The quantitative estimate of drug-likeness (QED) is 0.708. The van der Waals surface area contributed by atoms with Gasteiger partial charge in [-0.3, -0.25) is 9.88 Å². The molecule has 0 N–H and O–H groups in total. The van der Waals surface area contributed by atoms with Crippen LogP contribution < -0.4 is 0 Å². The van der Waals surface area contributed by atoms with E-state index >= 15 is 0 Å². The summed E-state index contributed by atoms with van der Waals surface area (Å²) in [4.78, 5) is 6.27. The number of hydrogen-bond acceptors (Lipinski definition) is 3. The summed E-state index contributed by atoms with van der Waals surface area (Å²) in [6.45, 7) is 2.07. The monoisotopic (exact) mass is 187 g/mol. The molecule has 1 aliphatic heterocycles. The standard InChI is InChI=1S/C11H13N3/c12-8-11(14-6-1-2-7-14)10-4-3-5-13-9-10/h3-5,9,11H,1-2,6-7H2/t11-/m1/s1. The molecule has 0 unspecified atom stereocenters. The van der Waals surface area contributed by atoms with Crippen LogP contribution in [-0.2, 0) is 0 Å². The lowest BCUT2D eigenvalue weighted by molar-refractivity contribution is 0.294. The predicted octanol–water partition coefficient (Wildman–Crippen LogP) is 1.74. The van der Waals surface area contributed by atoms with Crippen LogP contribution in [0.25, 0.3) is 0 Å². The van der Waals surface area contributed by atoms with E-state index < -0.39 is 0 Å². The summed E-state index contributed by atoms with van der Waals surface area (Å²) in [5.41, 5.74) is 1.01. The fraction of sp³-hybridized carbons (Fsp3) is 0.455. The average molecular weight is 187 g/mol. The van der Waals surface area contributed by atoms with Crippen molar-refractivity contribution in [2.45, 2.75) is 18.9 Å². The summed E-state index contributed by atoms with van der Waals surface area (Å²) < 4.78 is 0. The molecular formula is C11H13N3. The van der Waals surface area contributed by atoms with E-state index in [4.69, 9.17) is 5.26 Å². The Morgan fingerprint density at radius 1 is 1.43 bits per heavy atom. The highest BCUT2D eigenvalue weighted by atomic mass is 15.2. The van der Waals surface area contributed by atoms with Crippen molar-refractivity contribution >= 4 is 0 Å². The van der Waals surface area contributed by atoms with Crippen LogP contribution >= 0.6 is 0 Å². The molecule has 0 saturated carbocycles. The van der Waals surface area contributed by atoms with Crippen LogP contribution in [0.15, 0.2) is 24.5 Å². The molecule has 3 heteroatoms. The Balaban J connectivity index is 2.18. The Hall–Kier alpha value is -1.40. The van der Waals surface area contributed by atoms with Crippen molar-refractivity contribution in [1.29, 1.82) is 5.26 Å². The molecule has 0 bridgehead atoms. The lowest BCUT2D eigenvalue weighted by atomic mass is 10.1. The second-order valence-electron chi connectivity index (χ2n) is 3.56. The van der Waals surface area contributed by atoms with E-state index in [1.54, 1.807) is 12.4 Å². The third kappa shape index (κ3) is 1.75. The summed E-state index contributed by atoms with van der Waals surface area (Å²) in [6.07, 6.45) is 5.94. The van der Waals surface area contributed by atoms with E-state index in [1.807, 2.05) is 12.1 Å². The second-order valence-corrected chi connectivity index (χ2v) is 3.56. The highest BCUT2D eigenvalue weighted by Gasteiger charge is 2.22. The third-order valence-corrected chi connectivity index (χ3v) is 2.63. The Kier molecular flexibility index (Phi) is 2.76. The molecule has 1 aliphatic rings.